The molecule has 1 saturated heterocycles. The number of non-ortho nitro benzene ring substituents is 1. The Kier molecular flexibility index (Phi) is 9.80. The van der Waals surface area contributed by atoms with Crippen LogP contribution in [0.1, 0.15) is 26.2 Å². The van der Waals surface area contributed by atoms with Crippen molar-refractivity contribution in [3.63, 3.8) is 0 Å². The van der Waals surface area contributed by atoms with E-state index in [9.17, 15) is 23.3 Å². The highest BCUT2D eigenvalue weighted by Gasteiger charge is 2.22. The number of carbonyl (C=O) groups excluding carboxylic acids is 1. The third kappa shape index (κ3) is 7.34. The van der Waals surface area contributed by atoms with Crippen LogP contribution < -0.4 is 15.4 Å². The first-order valence-corrected chi connectivity index (χ1v) is 10.5. The summed E-state index contributed by atoms with van der Waals surface area (Å²) >= 11 is 0. The summed E-state index contributed by atoms with van der Waals surface area (Å²) in [5.74, 6) is 0.638. The van der Waals surface area contributed by atoms with Crippen LogP contribution >= 0.6 is 12.4 Å². The summed E-state index contributed by atoms with van der Waals surface area (Å²) in [6.07, 6.45) is 2.64. The third-order valence-corrected chi connectivity index (χ3v) is 6.18. The minimum atomic E-state index is -3.87. The second-order valence-electron chi connectivity index (χ2n) is 6.79. The molecule has 9 nitrogen and oxygen atoms in total. The minimum absolute atomic E-state index is 0. The molecule has 0 bridgehead atoms. The fourth-order valence-corrected chi connectivity index (χ4v) is 4.20. The number of amides is 1. The van der Waals surface area contributed by atoms with Gasteiger partial charge in [-0.2, -0.15) is 0 Å². The number of hydrogen-bond donors (Lipinski definition) is 3. The molecular weight excluding hydrogens is 408 g/mol. The number of carbonyl (C=O) groups is 1. The molecule has 1 amide bonds. The van der Waals surface area contributed by atoms with Gasteiger partial charge in [-0.1, -0.05) is 13.0 Å². The van der Waals surface area contributed by atoms with Crippen molar-refractivity contribution in [1.82, 2.24) is 15.4 Å². The number of nitrogens with one attached hydrogen (secondary N) is 3. The summed E-state index contributed by atoms with van der Waals surface area (Å²) < 4.78 is 26.7. The Hall–Kier alpha value is -1.75. The molecule has 1 aromatic carbocycles. The van der Waals surface area contributed by atoms with Gasteiger partial charge in [0.15, 0.2) is 0 Å². The van der Waals surface area contributed by atoms with Crippen molar-refractivity contribution < 1.29 is 18.1 Å². The topological polar surface area (TPSA) is 130 Å². The van der Waals surface area contributed by atoms with Crippen molar-refractivity contribution in [1.29, 1.82) is 0 Å². The van der Waals surface area contributed by atoms with E-state index < -0.39 is 14.9 Å². The van der Waals surface area contributed by atoms with Gasteiger partial charge in [-0.3, -0.25) is 14.9 Å². The molecule has 1 aliphatic rings. The van der Waals surface area contributed by atoms with Gasteiger partial charge in [-0.25, -0.2) is 13.1 Å². The van der Waals surface area contributed by atoms with Crippen LogP contribution in [0.2, 0.25) is 0 Å². The first-order chi connectivity index (χ1) is 12.8. The summed E-state index contributed by atoms with van der Waals surface area (Å²) in [5, 5.41) is 16.8. The lowest BCUT2D eigenvalue weighted by atomic mass is 9.85. The molecule has 1 fully saturated rings. The van der Waals surface area contributed by atoms with Crippen LogP contribution in [0, 0.1) is 22.0 Å². The van der Waals surface area contributed by atoms with Crippen molar-refractivity contribution in [2.24, 2.45) is 11.8 Å². The Morgan fingerprint density at radius 1 is 1.39 bits per heavy atom. The zero-order valence-electron chi connectivity index (χ0n) is 15.7. The first kappa shape index (κ1) is 24.3. The van der Waals surface area contributed by atoms with E-state index in [-0.39, 0.29) is 47.9 Å². The molecule has 1 heterocycles. The van der Waals surface area contributed by atoms with Crippen LogP contribution in [0.25, 0.3) is 0 Å². The van der Waals surface area contributed by atoms with Crippen LogP contribution in [-0.4, -0.2) is 45.4 Å². The number of nitro benzene ring substituents is 1. The second kappa shape index (κ2) is 11.3. The second-order valence-corrected chi connectivity index (χ2v) is 8.56. The van der Waals surface area contributed by atoms with Gasteiger partial charge in [0.1, 0.15) is 0 Å². The number of nitrogens with zero attached hydrogens (tertiary/aromatic N) is 1. The van der Waals surface area contributed by atoms with Gasteiger partial charge in [0.25, 0.3) is 5.69 Å². The molecule has 0 aliphatic carbocycles. The van der Waals surface area contributed by atoms with Crippen molar-refractivity contribution >= 4 is 34.0 Å². The molecule has 0 radical (unpaired) electrons. The Balaban J connectivity index is 0.00000392. The highest BCUT2D eigenvalue weighted by atomic mass is 35.5. The van der Waals surface area contributed by atoms with Crippen molar-refractivity contribution in [3.05, 3.63) is 34.4 Å². The first-order valence-electron chi connectivity index (χ1n) is 9.01. The van der Waals surface area contributed by atoms with Crippen LogP contribution in [-0.2, 0) is 14.8 Å². The molecule has 28 heavy (non-hydrogen) atoms. The fourth-order valence-electron chi connectivity index (χ4n) is 3.13. The normalized spacial score (nSPS) is 18.0. The average molecular weight is 435 g/mol. The van der Waals surface area contributed by atoms with Gasteiger partial charge in [-0.15, -0.1) is 12.4 Å². The number of piperidine rings is 1. The van der Waals surface area contributed by atoms with Crippen molar-refractivity contribution in [2.75, 3.05) is 26.2 Å². The Morgan fingerprint density at radius 3 is 2.79 bits per heavy atom. The van der Waals surface area contributed by atoms with E-state index in [1.54, 1.807) is 0 Å². The highest BCUT2D eigenvalue weighted by molar-refractivity contribution is 7.89. The van der Waals surface area contributed by atoms with E-state index in [2.05, 4.69) is 22.3 Å². The third-order valence-electron chi connectivity index (χ3n) is 4.73. The van der Waals surface area contributed by atoms with Crippen LogP contribution in [0.5, 0.6) is 0 Å². The number of nitro groups is 1. The summed E-state index contributed by atoms with van der Waals surface area (Å²) in [4.78, 5) is 22.0. The fraction of sp³-hybridized carbons (Fsp3) is 0.588. The maximum Gasteiger partial charge on any atom is 0.270 e. The van der Waals surface area contributed by atoms with E-state index in [0.29, 0.717) is 12.3 Å². The molecule has 2 unspecified atom stereocenters. The quantitative estimate of drug-likeness (QED) is 0.306. The lowest BCUT2D eigenvalue weighted by Crippen LogP contribution is -2.37. The van der Waals surface area contributed by atoms with Gasteiger partial charge in [0.05, 0.1) is 9.82 Å². The lowest BCUT2D eigenvalue weighted by molar-refractivity contribution is -0.385. The molecule has 1 aromatic rings. The highest BCUT2D eigenvalue weighted by Crippen LogP contribution is 2.22. The van der Waals surface area contributed by atoms with Crippen molar-refractivity contribution in [2.45, 2.75) is 31.1 Å². The van der Waals surface area contributed by atoms with Gasteiger partial charge in [-0.05, 0) is 43.8 Å². The molecule has 11 heteroatoms. The van der Waals surface area contributed by atoms with Gasteiger partial charge >= 0.3 is 0 Å². The molecule has 2 atom stereocenters. The largest absolute Gasteiger partial charge is 0.355 e. The van der Waals surface area contributed by atoms with Gasteiger partial charge in [0, 0.05) is 31.6 Å². The molecule has 158 valence electrons. The van der Waals surface area contributed by atoms with E-state index >= 15 is 0 Å². The Morgan fingerprint density at radius 2 is 2.14 bits per heavy atom. The average Bonchev–Trinajstić information content (AvgIpc) is 2.66. The van der Waals surface area contributed by atoms with Crippen LogP contribution in [0.3, 0.4) is 0 Å². The van der Waals surface area contributed by atoms with Crippen LogP contribution in [0.15, 0.2) is 29.2 Å². The number of rotatable bonds is 9. The number of benzene rings is 1. The maximum absolute atomic E-state index is 12.2. The standard InChI is InChI=1S/C17H26N4O5S.ClH/c1-13(14-4-3-7-18-12-14)10-17(22)19-8-9-20-27(25,26)16-6-2-5-15(11-16)21(23)24;/h2,5-6,11,13-14,18,20H,3-4,7-10,12H2,1H3,(H,19,22);1H. The maximum atomic E-state index is 12.2. The van der Waals surface area contributed by atoms with Crippen LogP contribution in [0.4, 0.5) is 5.69 Å². The lowest BCUT2D eigenvalue weighted by Gasteiger charge is -2.28. The summed E-state index contributed by atoms with van der Waals surface area (Å²) in [6, 6.07) is 4.83. The molecule has 0 aromatic heterocycles. The molecule has 3 N–H and O–H groups in total. The SMILES string of the molecule is CC(CC(=O)NCCNS(=O)(=O)c1cccc([N+](=O)[O-])c1)C1CCCNC1.Cl. The Labute approximate surface area is 171 Å². The summed E-state index contributed by atoms with van der Waals surface area (Å²) in [6.45, 7) is 4.18. The number of hydrogen-bond acceptors (Lipinski definition) is 6. The summed E-state index contributed by atoms with van der Waals surface area (Å²) in [7, 11) is -3.87. The molecule has 0 spiro atoms. The Bertz CT molecular complexity index is 769. The van der Waals surface area contributed by atoms with E-state index in [4.69, 9.17) is 0 Å². The van der Waals surface area contributed by atoms with Gasteiger partial charge in [0.2, 0.25) is 15.9 Å². The van der Waals surface area contributed by atoms with E-state index in [0.717, 1.165) is 32.0 Å². The monoisotopic (exact) mass is 434 g/mol. The number of halogens is 1. The van der Waals surface area contributed by atoms with Gasteiger partial charge < -0.3 is 10.6 Å². The minimum Gasteiger partial charge on any atom is -0.355 e. The van der Waals surface area contributed by atoms with Crippen molar-refractivity contribution in [3.8, 4) is 0 Å². The predicted molar refractivity (Wildman–Crippen MR) is 108 cm³/mol. The smallest absolute Gasteiger partial charge is 0.270 e. The summed E-state index contributed by atoms with van der Waals surface area (Å²) in [5.41, 5.74) is -0.294. The molecule has 0 saturated carbocycles. The van der Waals surface area contributed by atoms with E-state index in [1.807, 2.05) is 0 Å². The predicted octanol–water partition coefficient (Wildman–Crippen LogP) is 1.44. The van der Waals surface area contributed by atoms with E-state index in [1.165, 1.54) is 18.2 Å². The zero-order valence-corrected chi connectivity index (χ0v) is 17.4. The zero-order chi connectivity index (χ0) is 19.9. The number of sulfonamides is 1. The molecule has 2 rings (SSSR count). The molecular formula is C17H27ClN4O5S. The molecule has 1 aliphatic heterocycles.